The Bertz CT molecular complexity index is 531. The Morgan fingerprint density at radius 1 is 1.27 bits per heavy atom. The maximum absolute atomic E-state index is 11.8. The zero-order valence-electron chi connectivity index (χ0n) is 12.9. The van der Waals surface area contributed by atoms with Gasteiger partial charge in [0.15, 0.2) is 0 Å². The number of carbonyl (C=O) groups excluding carboxylic acids is 2. The summed E-state index contributed by atoms with van der Waals surface area (Å²) in [4.78, 5) is 23.2. The summed E-state index contributed by atoms with van der Waals surface area (Å²) in [7, 11) is 0. The van der Waals surface area contributed by atoms with E-state index >= 15 is 0 Å². The number of hydrogen-bond acceptors (Lipinski definition) is 2. The van der Waals surface area contributed by atoms with Gasteiger partial charge in [0, 0.05) is 36.0 Å². The molecule has 3 N–H and O–H groups in total. The van der Waals surface area contributed by atoms with E-state index in [9.17, 15) is 9.59 Å². The van der Waals surface area contributed by atoms with Crippen LogP contribution < -0.4 is 16.0 Å². The monoisotopic (exact) mass is 323 g/mol. The van der Waals surface area contributed by atoms with Crippen molar-refractivity contribution in [3.8, 4) is 0 Å². The number of halogens is 1. The molecule has 1 aromatic carbocycles. The van der Waals surface area contributed by atoms with Gasteiger partial charge >= 0.3 is 6.03 Å². The Morgan fingerprint density at radius 3 is 2.59 bits per heavy atom. The first-order valence-corrected chi connectivity index (χ1v) is 7.92. The van der Waals surface area contributed by atoms with Gasteiger partial charge in [-0.05, 0) is 38.0 Å². The van der Waals surface area contributed by atoms with E-state index in [-0.39, 0.29) is 30.4 Å². The van der Waals surface area contributed by atoms with E-state index in [1.54, 1.807) is 0 Å². The zero-order chi connectivity index (χ0) is 16.1. The number of hydrogen-bond donors (Lipinski definition) is 3. The van der Waals surface area contributed by atoms with Gasteiger partial charge in [0.05, 0.1) is 0 Å². The minimum atomic E-state index is -0.223. The number of amides is 3. The van der Waals surface area contributed by atoms with Crippen LogP contribution in [-0.4, -0.2) is 30.6 Å². The molecule has 5 nitrogen and oxygen atoms in total. The molecule has 2 unspecified atom stereocenters. The van der Waals surface area contributed by atoms with Gasteiger partial charge in [-0.25, -0.2) is 4.79 Å². The van der Waals surface area contributed by atoms with Gasteiger partial charge < -0.3 is 16.0 Å². The van der Waals surface area contributed by atoms with Crippen LogP contribution >= 0.6 is 11.6 Å². The van der Waals surface area contributed by atoms with E-state index in [1.165, 1.54) is 5.56 Å². The number of urea groups is 1. The molecule has 0 saturated heterocycles. The van der Waals surface area contributed by atoms with Crippen molar-refractivity contribution >= 4 is 23.5 Å². The third-order valence-electron chi connectivity index (χ3n) is 3.49. The minimum Gasteiger partial charge on any atom is -0.354 e. The van der Waals surface area contributed by atoms with Crippen molar-refractivity contribution < 1.29 is 9.59 Å². The Hall–Kier alpha value is -1.75. The first-order valence-electron chi connectivity index (χ1n) is 7.55. The normalized spacial score (nSPS) is 19.6. The summed E-state index contributed by atoms with van der Waals surface area (Å²) < 4.78 is 0. The van der Waals surface area contributed by atoms with Crippen LogP contribution in [-0.2, 0) is 4.79 Å². The standard InChI is InChI=1S/C16H22ClN3O2/c1-10(2)19-15(21)7-8-18-16(22)20-14-9-13(14)11-3-5-12(17)6-4-11/h3-6,10,13-14H,7-9H2,1-2H3,(H,19,21)(H2,18,20,22). The Kier molecular flexibility index (Phi) is 5.66. The molecule has 0 radical (unpaired) electrons. The molecule has 22 heavy (non-hydrogen) atoms. The number of nitrogens with one attached hydrogen (secondary N) is 3. The third kappa shape index (κ3) is 5.22. The number of rotatable bonds is 6. The SMILES string of the molecule is CC(C)NC(=O)CCNC(=O)NC1CC1c1ccc(Cl)cc1. The molecule has 0 aromatic heterocycles. The van der Waals surface area contributed by atoms with Crippen LogP contribution in [0, 0.1) is 0 Å². The zero-order valence-corrected chi connectivity index (χ0v) is 13.6. The quantitative estimate of drug-likeness (QED) is 0.752. The molecule has 1 fully saturated rings. The van der Waals surface area contributed by atoms with Crippen LogP contribution in [0.25, 0.3) is 0 Å². The highest BCUT2D eigenvalue weighted by Gasteiger charge is 2.39. The molecular formula is C16H22ClN3O2. The Morgan fingerprint density at radius 2 is 1.95 bits per heavy atom. The lowest BCUT2D eigenvalue weighted by Gasteiger charge is -2.09. The maximum Gasteiger partial charge on any atom is 0.315 e. The largest absolute Gasteiger partial charge is 0.354 e. The van der Waals surface area contributed by atoms with E-state index in [0.29, 0.717) is 17.5 Å². The fourth-order valence-electron chi connectivity index (χ4n) is 2.34. The van der Waals surface area contributed by atoms with Gasteiger partial charge in [0.1, 0.15) is 0 Å². The minimum absolute atomic E-state index is 0.0548. The predicted molar refractivity (Wildman–Crippen MR) is 87.0 cm³/mol. The molecular weight excluding hydrogens is 302 g/mol. The fraction of sp³-hybridized carbons (Fsp3) is 0.500. The summed E-state index contributed by atoms with van der Waals surface area (Å²) in [5.74, 6) is 0.299. The van der Waals surface area contributed by atoms with Gasteiger partial charge in [-0.2, -0.15) is 0 Å². The third-order valence-corrected chi connectivity index (χ3v) is 3.74. The summed E-state index contributed by atoms with van der Waals surface area (Å²) in [6.07, 6.45) is 1.22. The van der Waals surface area contributed by atoms with Crippen molar-refractivity contribution in [3.63, 3.8) is 0 Å². The van der Waals surface area contributed by atoms with Crippen LogP contribution in [0.2, 0.25) is 5.02 Å². The molecule has 1 aromatic rings. The summed E-state index contributed by atoms with van der Waals surface area (Å²) >= 11 is 5.86. The molecule has 0 bridgehead atoms. The van der Waals surface area contributed by atoms with E-state index < -0.39 is 0 Å². The van der Waals surface area contributed by atoms with Crippen LogP contribution in [0.15, 0.2) is 24.3 Å². The van der Waals surface area contributed by atoms with Gasteiger partial charge in [-0.1, -0.05) is 23.7 Å². The lowest BCUT2D eigenvalue weighted by molar-refractivity contribution is -0.121. The molecule has 0 spiro atoms. The van der Waals surface area contributed by atoms with E-state index in [2.05, 4.69) is 16.0 Å². The molecule has 0 aliphatic heterocycles. The van der Waals surface area contributed by atoms with Gasteiger partial charge in [-0.3, -0.25) is 4.79 Å². The molecule has 6 heteroatoms. The molecule has 120 valence electrons. The summed E-state index contributed by atoms with van der Waals surface area (Å²) in [5.41, 5.74) is 1.19. The van der Waals surface area contributed by atoms with Crippen LogP contribution in [0.5, 0.6) is 0 Å². The van der Waals surface area contributed by atoms with E-state index in [1.807, 2.05) is 38.1 Å². The second kappa shape index (κ2) is 7.49. The lowest BCUT2D eigenvalue weighted by Crippen LogP contribution is -2.40. The predicted octanol–water partition coefficient (Wildman–Crippen LogP) is 2.41. The highest BCUT2D eigenvalue weighted by molar-refractivity contribution is 6.30. The summed E-state index contributed by atoms with van der Waals surface area (Å²) in [6.45, 7) is 4.15. The average molecular weight is 324 g/mol. The van der Waals surface area contributed by atoms with Crippen molar-refractivity contribution in [1.82, 2.24) is 16.0 Å². The van der Waals surface area contributed by atoms with Crippen molar-refractivity contribution in [2.24, 2.45) is 0 Å². The number of carbonyl (C=O) groups is 2. The lowest BCUT2D eigenvalue weighted by atomic mass is 10.1. The van der Waals surface area contributed by atoms with Crippen molar-refractivity contribution in [2.75, 3.05) is 6.54 Å². The molecule has 2 atom stereocenters. The molecule has 1 saturated carbocycles. The second-order valence-electron chi connectivity index (χ2n) is 5.87. The van der Waals surface area contributed by atoms with Gasteiger partial charge in [0.25, 0.3) is 0 Å². The highest BCUT2D eigenvalue weighted by atomic mass is 35.5. The Labute approximate surface area is 135 Å². The smallest absolute Gasteiger partial charge is 0.315 e. The van der Waals surface area contributed by atoms with Crippen molar-refractivity contribution in [1.29, 1.82) is 0 Å². The average Bonchev–Trinajstić information content (AvgIpc) is 3.17. The van der Waals surface area contributed by atoms with Gasteiger partial charge in [-0.15, -0.1) is 0 Å². The van der Waals surface area contributed by atoms with Crippen LogP contribution in [0.3, 0.4) is 0 Å². The van der Waals surface area contributed by atoms with Gasteiger partial charge in [0.2, 0.25) is 5.91 Å². The van der Waals surface area contributed by atoms with E-state index in [4.69, 9.17) is 11.6 Å². The van der Waals surface area contributed by atoms with Crippen LogP contribution in [0.4, 0.5) is 4.79 Å². The number of benzene rings is 1. The maximum atomic E-state index is 11.8. The molecule has 1 aliphatic rings. The first-order chi connectivity index (χ1) is 10.5. The molecule has 2 rings (SSSR count). The molecule has 1 aliphatic carbocycles. The molecule has 3 amide bonds. The Balaban J connectivity index is 1.65. The summed E-state index contributed by atoms with van der Waals surface area (Å²) in [5, 5.41) is 9.12. The topological polar surface area (TPSA) is 70.2 Å². The second-order valence-corrected chi connectivity index (χ2v) is 6.31. The fourth-order valence-corrected chi connectivity index (χ4v) is 2.46. The van der Waals surface area contributed by atoms with Crippen LogP contribution in [0.1, 0.15) is 38.2 Å². The summed E-state index contributed by atoms with van der Waals surface area (Å²) in [6, 6.07) is 7.75. The van der Waals surface area contributed by atoms with Crippen molar-refractivity contribution in [3.05, 3.63) is 34.9 Å². The van der Waals surface area contributed by atoms with E-state index in [0.717, 1.165) is 6.42 Å². The molecule has 0 heterocycles. The van der Waals surface area contributed by atoms with Crippen molar-refractivity contribution in [2.45, 2.75) is 44.7 Å². The first kappa shape index (κ1) is 16.6. The highest BCUT2D eigenvalue weighted by Crippen LogP contribution is 2.40.